The van der Waals surface area contributed by atoms with Gasteiger partial charge in [0.05, 0.1) is 30.8 Å². The number of hydrogen-bond acceptors (Lipinski definition) is 7. The first kappa shape index (κ1) is 17.0. The number of pyridine rings is 2. The average molecular weight is 377 g/mol. The van der Waals surface area contributed by atoms with Crippen LogP contribution in [0.2, 0.25) is 0 Å². The summed E-state index contributed by atoms with van der Waals surface area (Å²) in [5, 5.41) is 22.4. The van der Waals surface area contributed by atoms with E-state index in [2.05, 4.69) is 30.2 Å². The van der Waals surface area contributed by atoms with Crippen LogP contribution in [0.5, 0.6) is 0 Å². The molecule has 0 spiro atoms. The molecule has 0 saturated heterocycles. The van der Waals surface area contributed by atoms with Gasteiger partial charge in [0.25, 0.3) is 0 Å². The van der Waals surface area contributed by atoms with Crippen molar-refractivity contribution in [3.8, 4) is 17.1 Å². The molecule has 142 valence electrons. The summed E-state index contributed by atoms with van der Waals surface area (Å²) in [6.07, 6.45) is 11.2. The number of rotatable bonds is 6. The van der Waals surface area contributed by atoms with Crippen molar-refractivity contribution in [3.05, 3.63) is 48.8 Å². The van der Waals surface area contributed by atoms with E-state index in [4.69, 9.17) is 4.74 Å². The van der Waals surface area contributed by atoms with Crippen molar-refractivity contribution in [2.75, 3.05) is 6.61 Å². The molecule has 0 aromatic carbocycles. The Morgan fingerprint density at radius 3 is 2.89 bits per heavy atom. The van der Waals surface area contributed by atoms with Crippen molar-refractivity contribution in [1.29, 1.82) is 0 Å². The molecule has 0 amide bonds. The summed E-state index contributed by atoms with van der Waals surface area (Å²) in [6.45, 7) is 0.287. The van der Waals surface area contributed by atoms with E-state index in [1.54, 1.807) is 29.5 Å². The zero-order valence-electron chi connectivity index (χ0n) is 15.1. The van der Waals surface area contributed by atoms with Crippen LogP contribution in [0.3, 0.4) is 0 Å². The van der Waals surface area contributed by atoms with Gasteiger partial charge in [-0.15, -0.1) is 0 Å². The normalized spacial score (nSPS) is 15.6. The van der Waals surface area contributed by atoms with Crippen molar-refractivity contribution in [2.45, 2.75) is 31.5 Å². The quantitative estimate of drug-likeness (QED) is 0.529. The minimum absolute atomic E-state index is 0.287. The fraction of sp³-hybridized carbons (Fsp3) is 0.316. The maximum absolute atomic E-state index is 10.4. The lowest BCUT2D eigenvalue weighted by atomic mass is 9.96. The molecule has 0 aliphatic heterocycles. The summed E-state index contributed by atoms with van der Waals surface area (Å²) in [6, 6.07) is 3.81. The lowest BCUT2D eigenvalue weighted by Crippen LogP contribution is -2.24. The van der Waals surface area contributed by atoms with Crippen molar-refractivity contribution in [1.82, 2.24) is 34.9 Å². The second-order valence-corrected chi connectivity index (χ2v) is 6.91. The van der Waals surface area contributed by atoms with Gasteiger partial charge in [-0.3, -0.25) is 10.1 Å². The molecule has 1 aliphatic carbocycles. The molecule has 9 nitrogen and oxygen atoms in total. The van der Waals surface area contributed by atoms with Gasteiger partial charge in [-0.2, -0.15) is 10.2 Å². The van der Waals surface area contributed by atoms with Crippen LogP contribution in [0.1, 0.15) is 30.9 Å². The molecular weight excluding hydrogens is 358 g/mol. The fourth-order valence-electron chi connectivity index (χ4n) is 3.19. The van der Waals surface area contributed by atoms with Crippen LogP contribution in [0.15, 0.2) is 43.2 Å². The van der Waals surface area contributed by atoms with Gasteiger partial charge in [-0.25, -0.2) is 14.6 Å². The molecule has 4 aromatic rings. The monoisotopic (exact) mass is 377 g/mol. The number of aromatic nitrogens is 7. The summed E-state index contributed by atoms with van der Waals surface area (Å²) >= 11 is 0. The third kappa shape index (κ3) is 3.14. The van der Waals surface area contributed by atoms with Crippen LogP contribution < -0.4 is 0 Å². The second kappa shape index (κ2) is 7.10. The Balaban J connectivity index is 1.41. The molecule has 9 heteroatoms. The van der Waals surface area contributed by atoms with Gasteiger partial charge in [0.15, 0.2) is 11.5 Å². The highest BCUT2D eigenvalue weighted by atomic mass is 16.5. The van der Waals surface area contributed by atoms with E-state index in [1.807, 2.05) is 12.1 Å². The summed E-state index contributed by atoms with van der Waals surface area (Å²) < 4.78 is 7.42. The Morgan fingerprint density at radius 2 is 2.11 bits per heavy atom. The molecule has 4 aromatic heterocycles. The van der Waals surface area contributed by atoms with Gasteiger partial charge in [0.2, 0.25) is 0 Å². The standard InChI is InChI=1S/C19H19N7O2/c27-17(10-28-16-2-1-3-16)12-4-14-8-24-26(19(14)21-7-12)15-5-13(6-20-9-15)18-22-11-23-25-18/h4-9,11,16-17,27H,1-3,10H2,(H,22,23,25)/t17-/m1/s1. The van der Waals surface area contributed by atoms with E-state index >= 15 is 0 Å². The zero-order chi connectivity index (χ0) is 18.9. The van der Waals surface area contributed by atoms with Crippen LogP contribution in [0, 0.1) is 0 Å². The van der Waals surface area contributed by atoms with E-state index in [0.717, 1.165) is 35.0 Å². The first-order valence-electron chi connectivity index (χ1n) is 9.22. The number of nitrogens with zero attached hydrogens (tertiary/aromatic N) is 6. The van der Waals surface area contributed by atoms with Crippen molar-refractivity contribution >= 4 is 11.0 Å². The molecular formula is C19H19N7O2. The molecule has 0 bridgehead atoms. The highest BCUT2D eigenvalue weighted by Crippen LogP contribution is 2.25. The number of fused-ring (bicyclic) bond motifs is 1. The highest BCUT2D eigenvalue weighted by Gasteiger charge is 2.20. The Labute approximate surface area is 160 Å². The van der Waals surface area contributed by atoms with Crippen LogP contribution in [0.4, 0.5) is 0 Å². The van der Waals surface area contributed by atoms with Gasteiger partial charge in [-0.05, 0) is 31.4 Å². The number of aliphatic hydroxyl groups is 1. The van der Waals surface area contributed by atoms with E-state index in [-0.39, 0.29) is 6.61 Å². The largest absolute Gasteiger partial charge is 0.386 e. The smallest absolute Gasteiger partial charge is 0.162 e. The summed E-state index contributed by atoms with van der Waals surface area (Å²) in [7, 11) is 0. The van der Waals surface area contributed by atoms with Gasteiger partial charge >= 0.3 is 0 Å². The minimum atomic E-state index is -0.697. The zero-order valence-corrected chi connectivity index (χ0v) is 15.1. The van der Waals surface area contributed by atoms with E-state index in [9.17, 15) is 5.11 Å². The maximum Gasteiger partial charge on any atom is 0.162 e. The molecule has 1 saturated carbocycles. The molecule has 28 heavy (non-hydrogen) atoms. The molecule has 0 radical (unpaired) electrons. The first-order valence-corrected chi connectivity index (χ1v) is 9.22. The topological polar surface area (TPSA) is 115 Å². The molecule has 0 unspecified atom stereocenters. The van der Waals surface area contributed by atoms with Gasteiger partial charge in [0.1, 0.15) is 12.4 Å². The number of hydrogen-bond donors (Lipinski definition) is 2. The van der Waals surface area contributed by atoms with Crippen molar-refractivity contribution < 1.29 is 9.84 Å². The Bertz CT molecular complexity index is 1090. The van der Waals surface area contributed by atoms with Crippen molar-refractivity contribution in [3.63, 3.8) is 0 Å². The van der Waals surface area contributed by atoms with Crippen LogP contribution in [0.25, 0.3) is 28.1 Å². The third-order valence-electron chi connectivity index (χ3n) is 5.01. The summed E-state index contributed by atoms with van der Waals surface area (Å²) in [4.78, 5) is 12.9. The number of ether oxygens (including phenoxy) is 1. The molecule has 4 heterocycles. The number of nitrogens with one attached hydrogen (secondary N) is 1. The molecule has 1 aliphatic rings. The predicted molar refractivity (Wildman–Crippen MR) is 101 cm³/mol. The molecule has 5 rings (SSSR count). The first-order chi connectivity index (χ1) is 13.8. The number of aliphatic hydroxyl groups excluding tert-OH is 1. The Morgan fingerprint density at radius 1 is 1.18 bits per heavy atom. The lowest BCUT2D eigenvalue weighted by molar-refractivity contribution is -0.0427. The Hall–Kier alpha value is -3.17. The fourth-order valence-corrected chi connectivity index (χ4v) is 3.19. The average Bonchev–Trinajstić information content (AvgIpc) is 3.36. The third-order valence-corrected chi connectivity index (χ3v) is 5.01. The Kier molecular flexibility index (Phi) is 4.30. The number of aromatic amines is 1. The van der Waals surface area contributed by atoms with Crippen molar-refractivity contribution in [2.24, 2.45) is 0 Å². The summed E-state index contributed by atoms with van der Waals surface area (Å²) in [5.41, 5.74) is 2.98. The summed E-state index contributed by atoms with van der Waals surface area (Å²) in [5.74, 6) is 0.635. The van der Waals surface area contributed by atoms with E-state index in [1.165, 1.54) is 12.7 Å². The maximum atomic E-state index is 10.4. The van der Waals surface area contributed by atoms with Gasteiger partial charge in [-0.1, -0.05) is 0 Å². The molecule has 1 atom stereocenters. The highest BCUT2D eigenvalue weighted by molar-refractivity contribution is 5.77. The minimum Gasteiger partial charge on any atom is -0.386 e. The second-order valence-electron chi connectivity index (χ2n) is 6.91. The van der Waals surface area contributed by atoms with Gasteiger partial charge in [0, 0.05) is 28.9 Å². The predicted octanol–water partition coefficient (Wildman–Crippen LogP) is 2.20. The van der Waals surface area contributed by atoms with Crippen LogP contribution >= 0.6 is 0 Å². The molecule has 2 N–H and O–H groups in total. The van der Waals surface area contributed by atoms with Crippen LogP contribution in [-0.2, 0) is 4.74 Å². The van der Waals surface area contributed by atoms with Crippen LogP contribution in [-0.4, -0.2) is 52.7 Å². The van der Waals surface area contributed by atoms with E-state index < -0.39 is 6.10 Å². The van der Waals surface area contributed by atoms with Gasteiger partial charge < -0.3 is 9.84 Å². The lowest BCUT2D eigenvalue weighted by Gasteiger charge is -2.26. The molecule has 1 fully saturated rings. The number of H-pyrrole nitrogens is 1. The SMILES string of the molecule is O[C@H](COC1CCC1)c1cnc2c(cnn2-c2cncc(-c3ncn[nH]3)c2)c1. The van der Waals surface area contributed by atoms with E-state index in [0.29, 0.717) is 17.6 Å².